The van der Waals surface area contributed by atoms with Crippen molar-refractivity contribution in [3.63, 3.8) is 0 Å². The van der Waals surface area contributed by atoms with Gasteiger partial charge in [0.05, 0.1) is 11.7 Å². The molecular formula is C17H18FNO3. The molecule has 0 aromatic heterocycles. The number of amides is 1. The lowest BCUT2D eigenvalue weighted by Crippen LogP contribution is -2.33. The van der Waals surface area contributed by atoms with Gasteiger partial charge in [-0.2, -0.15) is 0 Å². The quantitative estimate of drug-likeness (QED) is 0.795. The Kier molecular flexibility index (Phi) is 5.12. The first-order valence-corrected chi connectivity index (χ1v) is 6.99. The molecule has 116 valence electrons. The zero-order valence-electron chi connectivity index (χ0n) is 12.2. The monoisotopic (exact) mass is 303 g/mol. The Hall–Kier alpha value is -2.40. The Labute approximate surface area is 128 Å². The first-order chi connectivity index (χ1) is 10.5. The summed E-state index contributed by atoms with van der Waals surface area (Å²) in [4.78, 5) is 12.0. The highest BCUT2D eigenvalue weighted by Crippen LogP contribution is 2.20. The number of aliphatic hydroxyl groups is 1. The minimum Gasteiger partial charge on any atom is -0.507 e. The lowest BCUT2D eigenvalue weighted by Gasteiger charge is -2.18. The van der Waals surface area contributed by atoms with E-state index in [1.807, 2.05) is 0 Å². The Morgan fingerprint density at radius 3 is 2.45 bits per heavy atom. The van der Waals surface area contributed by atoms with Gasteiger partial charge in [0.1, 0.15) is 11.6 Å². The van der Waals surface area contributed by atoms with Crippen LogP contribution in [0.25, 0.3) is 0 Å². The Bertz CT molecular complexity index is 643. The van der Waals surface area contributed by atoms with Crippen LogP contribution in [-0.2, 0) is 0 Å². The van der Waals surface area contributed by atoms with Crippen LogP contribution in [0.1, 0.15) is 35.4 Å². The van der Waals surface area contributed by atoms with Crippen molar-refractivity contribution in [2.24, 2.45) is 0 Å². The van der Waals surface area contributed by atoms with Gasteiger partial charge in [0.25, 0.3) is 5.91 Å². The fraction of sp³-hybridized carbons (Fsp3) is 0.235. The van der Waals surface area contributed by atoms with E-state index in [-0.39, 0.29) is 29.6 Å². The van der Waals surface area contributed by atoms with Gasteiger partial charge in [-0.25, -0.2) is 4.39 Å². The Morgan fingerprint density at radius 2 is 1.82 bits per heavy atom. The molecule has 2 unspecified atom stereocenters. The Balaban J connectivity index is 1.95. The highest BCUT2D eigenvalue weighted by atomic mass is 19.1. The van der Waals surface area contributed by atoms with E-state index in [9.17, 15) is 19.4 Å². The molecule has 0 saturated heterocycles. The Morgan fingerprint density at radius 1 is 1.18 bits per heavy atom. The van der Waals surface area contributed by atoms with Crippen LogP contribution < -0.4 is 5.32 Å². The number of carbonyl (C=O) groups excluding carboxylic acids is 1. The number of aromatic hydroxyl groups is 1. The molecule has 5 heteroatoms. The average Bonchev–Trinajstić information content (AvgIpc) is 2.48. The van der Waals surface area contributed by atoms with E-state index in [0.717, 1.165) is 0 Å². The number of phenols is 1. The minimum absolute atomic E-state index is 0.0914. The molecule has 0 aliphatic carbocycles. The van der Waals surface area contributed by atoms with Gasteiger partial charge in [0.15, 0.2) is 0 Å². The lowest BCUT2D eigenvalue weighted by molar-refractivity contribution is 0.0914. The SMILES string of the molecule is CC(CC(O)c1ccc(F)cc1)NC(=O)c1ccccc1O. The molecule has 2 atom stereocenters. The molecule has 3 N–H and O–H groups in total. The number of rotatable bonds is 5. The summed E-state index contributed by atoms with van der Waals surface area (Å²) in [6.07, 6.45) is -0.523. The first-order valence-electron chi connectivity index (χ1n) is 6.99. The summed E-state index contributed by atoms with van der Waals surface area (Å²) < 4.78 is 12.8. The second-order valence-corrected chi connectivity index (χ2v) is 5.19. The van der Waals surface area contributed by atoms with Crippen molar-refractivity contribution in [1.82, 2.24) is 5.32 Å². The minimum atomic E-state index is -0.805. The van der Waals surface area contributed by atoms with Gasteiger partial charge in [-0.05, 0) is 43.2 Å². The molecule has 0 heterocycles. The topological polar surface area (TPSA) is 69.6 Å². The number of hydrogen-bond acceptors (Lipinski definition) is 3. The zero-order chi connectivity index (χ0) is 16.1. The van der Waals surface area contributed by atoms with Crippen LogP contribution in [0.5, 0.6) is 5.75 Å². The van der Waals surface area contributed by atoms with Crippen molar-refractivity contribution in [2.75, 3.05) is 0 Å². The standard InChI is InChI=1S/C17H18FNO3/c1-11(10-16(21)12-6-8-13(18)9-7-12)19-17(22)14-4-2-3-5-15(14)20/h2-9,11,16,20-21H,10H2,1H3,(H,19,22). The molecular weight excluding hydrogens is 285 g/mol. The summed E-state index contributed by atoms with van der Waals surface area (Å²) in [7, 11) is 0. The van der Waals surface area contributed by atoms with Crippen molar-refractivity contribution < 1.29 is 19.4 Å². The summed E-state index contributed by atoms with van der Waals surface area (Å²) in [5.41, 5.74) is 0.774. The molecule has 0 radical (unpaired) electrons. The number of nitrogens with one attached hydrogen (secondary N) is 1. The van der Waals surface area contributed by atoms with Crippen molar-refractivity contribution in [1.29, 1.82) is 0 Å². The molecule has 0 saturated carbocycles. The molecule has 0 bridgehead atoms. The summed E-state index contributed by atoms with van der Waals surface area (Å²) in [6, 6.07) is 11.5. The number of phenolic OH excluding ortho intramolecular Hbond substituents is 1. The molecule has 22 heavy (non-hydrogen) atoms. The van der Waals surface area contributed by atoms with E-state index in [0.29, 0.717) is 5.56 Å². The summed E-state index contributed by atoms with van der Waals surface area (Å²) in [6.45, 7) is 1.75. The fourth-order valence-electron chi connectivity index (χ4n) is 2.18. The van der Waals surface area contributed by atoms with E-state index < -0.39 is 12.0 Å². The van der Waals surface area contributed by atoms with E-state index >= 15 is 0 Å². The van der Waals surface area contributed by atoms with Gasteiger partial charge in [0, 0.05) is 6.04 Å². The number of aliphatic hydroxyl groups excluding tert-OH is 1. The third kappa shape index (κ3) is 4.05. The molecule has 2 aromatic carbocycles. The van der Waals surface area contributed by atoms with Crippen LogP contribution in [-0.4, -0.2) is 22.2 Å². The molecule has 2 rings (SSSR count). The van der Waals surface area contributed by atoms with Gasteiger partial charge in [-0.3, -0.25) is 4.79 Å². The van der Waals surface area contributed by atoms with Gasteiger partial charge >= 0.3 is 0 Å². The van der Waals surface area contributed by atoms with E-state index in [4.69, 9.17) is 0 Å². The summed E-state index contributed by atoms with van der Waals surface area (Å²) in [5.74, 6) is -0.861. The smallest absolute Gasteiger partial charge is 0.255 e. The van der Waals surface area contributed by atoms with Crippen LogP contribution in [0.4, 0.5) is 4.39 Å². The van der Waals surface area contributed by atoms with Crippen molar-refractivity contribution in [3.05, 3.63) is 65.5 Å². The predicted molar refractivity (Wildman–Crippen MR) is 81.0 cm³/mol. The van der Waals surface area contributed by atoms with Gasteiger partial charge < -0.3 is 15.5 Å². The fourth-order valence-corrected chi connectivity index (χ4v) is 2.18. The lowest BCUT2D eigenvalue weighted by atomic mass is 10.0. The second-order valence-electron chi connectivity index (χ2n) is 5.19. The summed E-state index contributed by atoms with van der Waals surface area (Å²) in [5, 5.41) is 22.4. The third-order valence-corrected chi connectivity index (χ3v) is 3.36. The van der Waals surface area contributed by atoms with Gasteiger partial charge in [-0.15, -0.1) is 0 Å². The zero-order valence-corrected chi connectivity index (χ0v) is 12.2. The molecule has 2 aromatic rings. The van der Waals surface area contributed by atoms with Crippen molar-refractivity contribution >= 4 is 5.91 Å². The first kappa shape index (κ1) is 16.0. The highest BCUT2D eigenvalue weighted by molar-refractivity contribution is 5.96. The van der Waals surface area contributed by atoms with E-state index in [1.165, 1.54) is 36.4 Å². The second kappa shape index (κ2) is 7.04. The molecule has 0 spiro atoms. The third-order valence-electron chi connectivity index (χ3n) is 3.36. The van der Waals surface area contributed by atoms with Crippen LogP contribution in [0.2, 0.25) is 0 Å². The van der Waals surface area contributed by atoms with Gasteiger partial charge in [0.2, 0.25) is 0 Å². The van der Waals surface area contributed by atoms with Crippen molar-refractivity contribution in [3.8, 4) is 5.75 Å². The van der Waals surface area contributed by atoms with Gasteiger partial charge in [-0.1, -0.05) is 24.3 Å². The maximum Gasteiger partial charge on any atom is 0.255 e. The largest absolute Gasteiger partial charge is 0.507 e. The molecule has 0 fully saturated rings. The number of benzene rings is 2. The molecule has 1 amide bonds. The maximum absolute atomic E-state index is 12.8. The van der Waals surface area contributed by atoms with E-state index in [1.54, 1.807) is 19.1 Å². The molecule has 4 nitrogen and oxygen atoms in total. The summed E-state index contributed by atoms with van der Waals surface area (Å²) >= 11 is 0. The number of para-hydroxylation sites is 1. The average molecular weight is 303 g/mol. The maximum atomic E-state index is 12.8. The van der Waals surface area contributed by atoms with Crippen molar-refractivity contribution in [2.45, 2.75) is 25.5 Å². The van der Waals surface area contributed by atoms with E-state index in [2.05, 4.69) is 5.32 Å². The van der Waals surface area contributed by atoms with Crippen LogP contribution in [0.15, 0.2) is 48.5 Å². The molecule has 0 aliphatic heterocycles. The highest BCUT2D eigenvalue weighted by Gasteiger charge is 2.17. The van der Waals surface area contributed by atoms with Crippen LogP contribution in [0, 0.1) is 5.82 Å². The normalized spacial score (nSPS) is 13.4. The number of carbonyl (C=O) groups is 1. The number of halogens is 1. The number of hydrogen-bond donors (Lipinski definition) is 3. The van der Waals surface area contributed by atoms with Crippen LogP contribution in [0.3, 0.4) is 0 Å². The predicted octanol–water partition coefficient (Wildman–Crippen LogP) is 2.77. The van der Waals surface area contributed by atoms with Crippen LogP contribution >= 0.6 is 0 Å². The molecule has 0 aliphatic rings.